The Morgan fingerprint density at radius 2 is 2.12 bits per heavy atom. The molecule has 98 valence electrons. The third-order valence-corrected chi connectivity index (χ3v) is 3.91. The number of aromatic nitrogens is 1. The maximum Gasteiger partial charge on any atom is 0.107 e. The summed E-state index contributed by atoms with van der Waals surface area (Å²) in [5, 5.41) is 6.76. The number of hydrogen-bond acceptors (Lipinski definition) is 4. The topological polar surface area (TPSA) is 28.2 Å². The number of rotatable bonds is 7. The van der Waals surface area contributed by atoms with Gasteiger partial charge in [-0.05, 0) is 20.4 Å². The SMILES string of the molecule is CCC(C)N(C)Cc1csc(CNC(C)C)n1. The highest BCUT2D eigenvalue weighted by atomic mass is 32.1. The maximum absolute atomic E-state index is 4.65. The van der Waals surface area contributed by atoms with Crippen molar-refractivity contribution in [3.05, 3.63) is 16.1 Å². The Balaban J connectivity index is 2.45. The van der Waals surface area contributed by atoms with E-state index in [1.54, 1.807) is 11.3 Å². The molecule has 0 aliphatic heterocycles. The van der Waals surface area contributed by atoms with E-state index in [4.69, 9.17) is 0 Å². The van der Waals surface area contributed by atoms with Crippen LogP contribution < -0.4 is 5.32 Å². The van der Waals surface area contributed by atoms with Gasteiger partial charge in [0, 0.05) is 30.6 Å². The van der Waals surface area contributed by atoms with Crippen LogP contribution in [0.3, 0.4) is 0 Å². The fraction of sp³-hybridized carbons (Fsp3) is 0.769. The minimum absolute atomic E-state index is 0.519. The van der Waals surface area contributed by atoms with Crippen molar-refractivity contribution in [2.75, 3.05) is 7.05 Å². The Bertz CT molecular complexity index is 322. The highest BCUT2D eigenvalue weighted by Gasteiger charge is 2.09. The number of thiazole rings is 1. The standard InChI is InChI=1S/C13H25N3S/c1-6-11(4)16(5)8-12-9-17-13(15-12)7-14-10(2)3/h9-11,14H,6-8H2,1-5H3. The van der Waals surface area contributed by atoms with Gasteiger partial charge in [-0.1, -0.05) is 20.8 Å². The summed E-state index contributed by atoms with van der Waals surface area (Å²) in [6, 6.07) is 1.14. The van der Waals surface area contributed by atoms with E-state index in [1.807, 2.05) is 0 Å². The molecule has 4 heteroatoms. The van der Waals surface area contributed by atoms with E-state index in [1.165, 1.54) is 17.1 Å². The second-order valence-corrected chi connectivity index (χ2v) is 5.88. The Morgan fingerprint density at radius 3 is 2.71 bits per heavy atom. The molecule has 0 aliphatic rings. The molecule has 1 aromatic rings. The monoisotopic (exact) mass is 255 g/mol. The molecule has 1 unspecified atom stereocenters. The molecule has 0 aliphatic carbocycles. The van der Waals surface area contributed by atoms with Crippen LogP contribution in [0, 0.1) is 0 Å². The lowest BCUT2D eigenvalue weighted by atomic mass is 10.2. The van der Waals surface area contributed by atoms with Gasteiger partial charge in [-0.2, -0.15) is 0 Å². The smallest absolute Gasteiger partial charge is 0.107 e. The fourth-order valence-electron chi connectivity index (χ4n) is 1.52. The highest BCUT2D eigenvalue weighted by Crippen LogP contribution is 2.13. The van der Waals surface area contributed by atoms with Gasteiger partial charge >= 0.3 is 0 Å². The Morgan fingerprint density at radius 1 is 1.41 bits per heavy atom. The summed E-state index contributed by atoms with van der Waals surface area (Å²) in [5.41, 5.74) is 1.19. The Kier molecular flexibility index (Phi) is 6.09. The van der Waals surface area contributed by atoms with Crippen LogP contribution in [-0.4, -0.2) is 29.0 Å². The van der Waals surface area contributed by atoms with E-state index < -0.39 is 0 Å². The largest absolute Gasteiger partial charge is 0.308 e. The van der Waals surface area contributed by atoms with E-state index in [0.717, 1.165) is 13.1 Å². The first-order valence-electron chi connectivity index (χ1n) is 6.39. The lowest BCUT2D eigenvalue weighted by Crippen LogP contribution is -2.28. The molecule has 1 heterocycles. The van der Waals surface area contributed by atoms with Crippen LogP contribution in [0.2, 0.25) is 0 Å². The molecule has 0 bridgehead atoms. The minimum atomic E-state index is 0.519. The molecule has 1 aromatic heterocycles. The summed E-state index contributed by atoms with van der Waals surface area (Å²) in [6.07, 6.45) is 1.18. The highest BCUT2D eigenvalue weighted by molar-refractivity contribution is 7.09. The van der Waals surface area contributed by atoms with Crippen LogP contribution in [0.25, 0.3) is 0 Å². The zero-order valence-electron chi connectivity index (χ0n) is 11.7. The van der Waals surface area contributed by atoms with Gasteiger partial charge in [0.2, 0.25) is 0 Å². The summed E-state index contributed by atoms with van der Waals surface area (Å²) in [4.78, 5) is 7.01. The summed E-state index contributed by atoms with van der Waals surface area (Å²) >= 11 is 1.75. The quantitative estimate of drug-likeness (QED) is 0.812. The summed E-state index contributed by atoms with van der Waals surface area (Å²) in [6.45, 7) is 10.6. The lowest BCUT2D eigenvalue weighted by Gasteiger charge is -2.22. The van der Waals surface area contributed by atoms with Gasteiger partial charge in [0.15, 0.2) is 0 Å². The predicted octanol–water partition coefficient (Wildman–Crippen LogP) is 2.87. The van der Waals surface area contributed by atoms with E-state index in [2.05, 4.69) is 55.3 Å². The van der Waals surface area contributed by atoms with Gasteiger partial charge in [0.05, 0.1) is 5.69 Å². The zero-order valence-corrected chi connectivity index (χ0v) is 12.5. The molecule has 0 fully saturated rings. The molecule has 0 radical (unpaired) electrons. The first-order valence-corrected chi connectivity index (χ1v) is 7.27. The van der Waals surface area contributed by atoms with Crippen molar-refractivity contribution in [3.63, 3.8) is 0 Å². The van der Waals surface area contributed by atoms with Crippen molar-refractivity contribution in [1.82, 2.24) is 15.2 Å². The van der Waals surface area contributed by atoms with E-state index in [9.17, 15) is 0 Å². The zero-order chi connectivity index (χ0) is 12.8. The van der Waals surface area contributed by atoms with Gasteiger partial charge in [-0.3, -0.25) is 4.90 Å². The van der Waals surface area contributed by atoms with Crippen LogP contribution in [0.1, 0.15) is 44.8 Å². The molecule has 0 amide bonds. The van der Waals surface area contributed by atoms with E-state index >= 15 is 0 Å². The number of nitrogens with zero attached hydrogens (tertiary/aromatic N) is 2. The van der Waals surface area contributed by atoms with Crippen molar-refractivity contribution in [2.24, 2.45) is 0 Å². The summed E-state index contributed by atoms with van der Waals surface area (Å²) in [5.74, 6) is 0. The van der Waals surface area contributed by atoms with Gasteiger partial charge in [0.25, 0.3) is 0 Å². The van der Waals surface area contributed by atoms with E-state index in [0.29, 0.717) is 12.1 Å². The number of nitrogens with one attached hydrogen (secondary N) is 1. The molecule has 0 spiro atoms. The van der Waals surface area contributed by atoms with Crippen molar-refractivity contribution in [2.45, 2.75) is 59.3 Å². The molecular weight excluding hydrogens is 230 g/mol. The average molecular weight is 255 g/mol. The van der Waals surface area contributed by atoms with Gasteiger partial charge in [-0.25, -0.2) is 4.98 Å². The van der Waals surface area contributed by atoms with Crippen LogP contribution in [-0.2, 0) is 13.1 Å². The molecule has 0 saturated carbocycles. The van der Waals surface area contributed by atoms with Crippen LogP contribution in [0.5, 0.6) is 0 Å². The Hall–Kier alpha value is -0.450. The Labute approximate surface area is 109 Å². The number of hydrogen-bond donors (Lipinski definition) is 1. The van der Waals surface area contributed by atoms with Gasteiger partial charge in [0.1, 0.15) is 5.01 Å². The molecule has 17 heavy (non-hydrogen) atoms. The van der Waals surface area contributed by atoms with Crippen molar-refractivity contribution in [1.29, 1.82) is 0 Å². The second kappa shape index (κ2) is 7.09. The minimum Gasteiger partial charge on any atom is -0.308 e. The third-order valence-electron chi connectivity index (χ3n) is 3.02. The lowest BCUT2D eigenvalue weighted by molar-refractivity contribution is 0.241. The maximum atomic E-state index is 4.65. The fourth-order valence-corrected chi connectivity index (χ4v) is 2.25. The van der Waals surface area contributed by atoms with Crippen molar-refractivity contribution in [3.8, 4) is 0 Å². The third kappa shape index (κ3) is 5.15. The van der Waals surface area contributed by atoms with Crippen LogP contribution in [0.4, 0.5) is 0 Å². The first-order chi connectivity index (χ1) is 8.02. The average Bonchev–Trinajstić information content (AvgIpc) is 2.73. The molecule has 1 atom stereocenters. The van der Waals surface area contributed by atoms with Crippen molar-refractivity contribution >= 4 is 11.3 Å². The van der Waals surface area contributed by atoms with E-state index in [-0.39, 0.29) is 0 Å². The summed E-state index contributed by atoms with van der Waals surface area (Å²) < 4.78 is 0. The second-order valence-electron chi connectivity index (χ2n) is 4.94. The molecule has 1 N–H and O–H groups in total. The predicted molar refractivity (Wildman–Crippen MR) is 75.3 cm³/mol. The molecule has 3 nitrogen and oxygen atoms in total. The molecular formula is C13H25N3S. The van der Waals surface area contributed by atoms with Crippen LogP contribution in [0.15, 0.2) is 5.38 Å². The van der Waals surface area contributed by atoms with Gasteiger partial charge < -0.3 is 5.32 Å². The molecule has 1 rings (SSSR count). The van der Waals surface area contributed by atoms with Crippen molar-refractivity contribution < 1.29 is 0 Å². The summed E-state index contributed by atoms with van der Waals surface area (Å²) in [7, 11) is 2.17. The molecule has 0 saturated heterocycles. The normalized spacial score (nSPS) is 13.6. The van der Waals surface area contributed by atoms with Crippen LogP contribution >= 0.6 is 11.3 Å². The van der Waals surface area contributed by atoms with Gasteiger partial charge in [-0.15, -0.1) is 11.3 Å². The molecule has 0 aromatic carbocycles. The first kappa shape index (κ1) is 14.6.